The third kappa shape index (κ3) is 5.51. The number of sulfonamides is 1. The summed E-state index contributed by atoms with van der Waals surface area (Å²) in [5.74, 6) is -0.386. The number of rotatable bonds is 9. The Morgan fingerprint density at radius 3 is 2.31 bits per heavy atom. The summed E-state index contributed by atoms with van der Waals surface area (Å²) < 4.78 is 31.1. The van der Waals surface area contributed by atoms with Crippen LogP contribution in [0.4, 0.5) is 0 Å². The smallest absolute Gasteiger partial charge is 0.279 e. The predicted molar refractivity (Wildman–Crippen MR) is 146 cm³/mol. The highest BCUT2D eigenvalue weighted by Gasteiger charge is 2.23. The second-order valence-corrected chi connectivity index (χ2v) is 11.5. The van der Waals surface area contributed by atoms with E-state index >= 15 is 0 Å². The van der Waals surface area contributed by atoms with Crippen molar-refractivity contribution in [3.05, 3.63) is 94.3 Å². The number of thiazole rings is 1. The molecule has 8 heteroatoms. The number of aryl methyl sites for hydroxylation is 2. The summed E-state index contributed by atoms with van der Waals surface area (Å²) in [4.78, 5) is 18.3. The van der Waals surface area contributed by atoms with Gasteiger partial charge < -0.3 is 4.57 Å². The Morgan fingerprint density at radius 2 is 1.67 bits per heavy atom. The van der Waals surface area contributed by atoms with Gasteiger partial charge in [-0.05, 0) is 60.4 Å². The SMILES string of the molecule is CCCn1c(=NC(=O)c2ccc(S(=O)(=O)N(CC)Cc3ccccc3)cc2)sc2cc(CC)ccc21. The Kier molecular flexibility index (Phi) is 8.18. The molecule has 36 heavy (non-hydrogen) atoms. The third-order valence-corrected chi connectivity index (χ3v) is 9.07. The number of hydrogen-bond acceptors (Lipinski definition) is 4. The van der Waals surface area contributed by atoms with Crippen LogP contribution in [0, 0.1) is 0 Å². The Hall–Kier alpha value is -3.07. The van der Waals surface area contributed by atoms with E-state index in [1.54, 1.807) is 12.1 Å². The van der Waals surface area contributed by atoms with Crippen molar-refractivity contribution in [2.24, 2.45) is 4.99 Å². The maximum absolute atomic E-state index is 13.2. The van der Waals surface area contributed by atoms with Crippen molar-refractivity contribution in [3.63, 3.8) is 0 Å². The zero-order valence-corrected chi connectivity index (χ0v) is 22.5. The van der Waals surface area contributed by atoms with Gasteiger partial charge in [0.2, 0.25) is 10.0 Å². The lowest BCUT2D eigenvalue weighted by molar-refractivity contribution is 0.0997. The largest absolute Gasteiger partial charge is 0.316 e. The van der Waals surface area contributed by atoms with Gasteiger partial charge in [-0.15, -0.1) is 0 Å². The molecule has 0 N–H and O–H groups in total. The predicted octanol–water partition coefficient (Wildman–Crippen LogP) is 5.63. The van der Waals surface area contributed by atoms with Crippen LogP contribution in [0.25, 0.3) is 10.2 Å². The van der Waals surface area contributed by atoms with Crippen LogP contribution in [0.15, 0.2) is 82.7 Å². The highest BCUT2D eigenvalue weighted by Crippen LogP contribution is 2.21. The third-order valence-electron chi connectivity index (χ3n) is 6.09. The fourth-order valence-corrected chi connectivity index (χ4v) is 6.64. The van der Waals surface area contributed by atoms with E-state index in [4.69, 9.17) is 0 Å². The summed E-state index contributed by atoms with van der Waals surface area (Å²) in [6, 6.07) is 21.9. The molecule has 4 rings (SSSR count). The van der Waals surface area contributed by atoms with Crippen LogP contribution < -0.4 is 4.80 Å². The molecule has 1 aromatic heterocycles. The van der Waals surface area contributed by atoms with Crippen molar-refractivity contribution in [1.82, 2.24) is 8.87 Å². The Morgan fingerprint density at radius 1 is 0.944 bits per heavy atom. The van der Waals surface area contributed by atoms with Gasteiger partial charge in [0.25, 0.3) is 5.91 Å². The minimum Gasteiger partial charge on any atom is -0.316 e. The van der Waals surface area contributed by atoms with Gasteiger partial charge in [-0.25, -0.2) is 8.42 Å². The van der Waals surface area contributed by atoms with E-state index in [1.165, 1.54) is 33.3 Å². The first-order chi connectivity index (χ1) is 17.4. The fraction of sp³-hybridized carbons (Fsp3) is 0.286. The summed E-state index contributed by atoms with van der Waals surface area (Å²) in [7, 11) is -3.70. The number of carbonyl (C=O) groups is 1. The second-order valence-electron chi connectivity index (χ2n) is 8.55. The van der Waals surface area contributed by atoms with Crippen LogP contribution in [-0.2, 0) is 29.5 Å². The Bertz CT molecular complexity index is 1520. The number of fused-ring (bicyclic) bond motifs is 1. The molecule has 4 aromatic rings. The molecule has 1 heterocycles. The maximum atomic E-state index is 13.2. The number of benzene rings is 3. The molecule has 0 saturated carbocycles. The molecule has 1 amide bonds. The van der Waals surface area contributed by atoms with E-state index in [1.807, 2.05) is 37.3 Å². The van der Waals surface area contributed by atoms with Crippen LogP contribution in [0.2, 0.25) is 0 Å². The first-order valence-electron chi connectivity index (χ1n) is 12.2. The van der Waals surface area contributed by atoms with Crippen LogP contribution >= 0.6 is 11.3 Å². The van der Waals surface area contributed by atoms with E-state index in [0.29, 0.717) is 23.5 Å². The Balaban J connectivity index is 1.62. The molecule has 0 aliphatic rings. The molecule has 188 valence electrons. The standard InChI is InChI=1S/C28H31N3O3S2/c1-4-18-31-25-17-12-21(5-2)19-26(25)35-28(31)29-27(32)23-13-15-24(16-14-23)36(33,34)30(6-3)20-22-10-8-7-9-11-22/h7-17,19H,4-6,18,20H2,1-3H3. The van der Waals surface area contributed by atoms with Gasteiger partial charge in [-0.3, -0.25) is 4.79 Å². The number of hydrogen-bond donors (Lipinski definition) is 0. The molecule has 0 fully saturated rings. The molecule has 0 aliphatic carbocycles. The van der Waals surface area contributed by atoms with Crippen molar-refractivity contribution in [1.29, 1.82) is 0 Å². The van der Waals surface area contributed by atoms with E-state index < -0.39 is 10.0 Å². The van der Waals surface area contributed by atoms with Gasteiger partial charge in [-0.2, -0.15) is 9.30 Å². The van der Waals surface area contributed by atoms with Crippen molar-refractivity contribution in [2.45, 2.75) is 51.6 Å². The van der Waals surface area contributed by atoms with Crippen molar-refractivity contribution < 1.29 is 13.2 Å². The van der Waals surface area contributed by atoms with E-state index in [-0.39, 0.29) is 10.8 Å². The molecule has 0 saturated heterocycles. The van der Waals surface area contributed by atoms with E-state index in [9.17, 15) is 13.2 Å². The van der Waals surface area contributed by atoms with E-state index in [0.717, 1.165) is 35.2 Å². The minimum absolute atomic E-state index is 0.159. The molecule has 0 bridgehead atoms. The molecule has 0 unspecified atom stereocenters. The average Bonchev–Trinajstić information content (AvgIpc) is 3.23. The molecule has 6 nitrogen and oxygen atoms in total. The topological polar surface area (TPSA) is 71.7 Å². The van der Waals surface area contributed by atoms with E-state index in [2.05, 4.69) is 41.6 Å². The molecule has 0 atom stereocenters. The minimum atomic E-state index is -3.70. The summed E-state index contributed by atoms with van der Waals surface area (Å²) >= 11 is 1.50. The van der Waals surface area contributed by atoms with Gasteiger partial charge in [0, 0.05) is 25.2 Å². The maximum Gasteiger partial charge on any atom is 0.279 e. The zero-order valence-electron chi connectivity index (χ0n) is 20.8. The summed E-state index contributed by atoms with van der Waals surface area (Å²) in [6.07, 6.45) is 1.87. The molecule has 0 radical (unpaired) electrons. The van der Waals surface area contributed by atoms with Gasteiger partial charge in [0.1, 0.15) is 0 Å². The highest BCUT2D eigenvalue weighted by molar-refractivity contribution is 7.89. The lowest BCUT2D eigenvalue weighted by Crippen LogP contribution is -2.30. The van der Waals surface area contributed by atoms with Gasteiger partial charge >= 0.3 is 0 Å². The van der Waals surface area contributed by atoms with Crippen molar-refractivity contribution in [3.8, 4) is 0 Å². The van der Waals surface area contributed by atoms with Crippen LogP contribution in [0.3, 0.4) is 0 Å². The lowest BCUT2D eigenvalue weighted by Gasteiger charge is -2.20. The normalized spacial score (nSPS) is 12.5. The average molecular weight is 522 g/mol. The van der Waals surface area contributed by atoms with Crippen molar-refractivity contribution in [2.75, 3.05) is 6.54 Å². The van der Waals surface area contributed by atoms with Crippen LogP contribution in [-0.4, -0.2) is 29.7 Å². The van der Waals surface area contributed by atoms with Crippen molar-refractivity contribution >= 4 is 37.5 Å². The quantitative estimate of drug-likeness (QED) is 0.287. The van der Waals surface area contributed by atoms with Crippen LogP contribution in [0.1, 0.15) is 48.7 Å². The molecule has 0 spiro atoms. The first-order valence-corrected chi connectivity index (χ1v) is 14.5. The number of nitrogens with zero attached hydrogens (tertiary/aromatic N) is 3. The van der Waals surface area contributed by atoms with Gasteiger partial charge in [0.05, 0.1) is 15.1 Å². The molecular weight excluding hydrogens is 490 g/mol. The second kappa shape index (κ2) is 11.3. The number of carbonyl (C=O) groups excluding carboxylic acids is 1. The molecule has 3 aromatic carbocycles. The fourth-order valence-electron chi connectivity index (χ4n) is 4.09. The molecular formula is C28H31N3O3S2. The van der Waals surface area contributed by atoms with Gasteiger partial charge in [0.15, 0.2) is 4.80 Å². The number of aromatic nitrogens is 1. The highest BCUT2D eigenvalue weighted by atomic mass is 32.2. The Labute approximate surface area is 216 Å². The van der Waals surface area contributed by atoms with Gasteiger partial charge in [-0.1, -0.05) is 68.5 Å². The lowest BCUT2D eigenvalue weighted by atomic mass is 10.2. The number of amides is 1. The summed E-state index contributed by atoms with van der Waals surface area (Å²) in [5, 5.41) is 0. The summed E-state index contributed by atoms with van der Waals surface area (Å²) in [5.41, 5.74) is 3.60. The zero-order chi connectivity index (χ0) is 25.7. The van der Waals surface area contributed by atoms with Crippen LogP contribution in [0.5, 0.6) is 0 Å². The molecule has 0 aliphatic heterocycles. The summed E-state index contributed by atoms with van der Waals surface area (Å²) in [6.45, 7) is 7.43. The first kappa shape index (κ1) is 26.0. The monoisotopic (exact) mass is 521 g/mol.